The standard InChI is InChI=1S/C15H13BrClFS/c1-8-5-10(11(17)7-12(8)18)15(16)14-6-9-3-2-4-13(9)19-14/h5-7,15H,2-4H2,1H3. The Balaban J connectivity index is 1.99. The fourth-order valence-electron chi connectivity index (χ4n) is 2.50. The third-order valence-electron chi connectivity index (χ3n) is 3.57. The normalized spacial score (nSPS) is 15.6. The van der Waals surface area contributed by atoms with Gasteiger partial charge in [-0.1, -0.05) is 33.6 Å². The number of alkyl halides is 1. The van der Waals surface area contributed by atoms with Crippen molar-refractivity contribution in [2.24, 2.45) is 0 Å². The molecular formula is C15H13BrClFS. The molecule has 1 aliphatic rings. The van der Waals surface area contributed by atoms with Crippen molar-refractivity contribution >= 4 is 38.9 Å². The quantitative estimate of drug-likeness (QED) is 0.592. The fraction of sp³-hybridized carbons (Fsp3) is 0.333. The van der Waals surface area contributed by atoms with Crippen molar-refractivity contribution in [3.05, 3.63) is 55.5 Å². The Morgan fingerprint density at radius 1 is 1.32 bits per heavy atom. The lowest BCUT2D eigenvalue weighted by atomic mass is 10.1. The first kappa shape index (κ1) is 13.6. The molecule has 1 aromatic heterocycles. The van der Waals surface area contributed by atoms with Gasteiger partial charge in [-0.3, -0.25) is 0 Å². The van der Waals surface area contributed by atoms with E-state index in [1.54, 1.807) is 6.92 Å². The molecule has 19 heavy (non-hydrogen) atoms. The monoisotopic (exact) mass is 358 g/mol. The number of rotatable bonds is 2. The predicted molar refractivity (Wildman–Crippen MR) is 83.3 cm³/mol. The Morgan fingerprint density at radius 2 is 2.11 bits per heavy atom. The predicted octanol–water partition coefficient (Wildman–Crippen LogP) is 5.82. The van der Waals surface area contributed by atoms with E-state index in [0.717, 1.165) is 5.56 Å². The Hall–Kier alpha value is -0.380. The Bertz CT molecular complexity index is 614. The summed E-state index contributed by atoms with van der Waals surface area (Å²) in [6.45, 7) is 1.77. The third kappa shape index (κ3) is 2.48. The lowest BCUT2D eigenvalue weighted by molar-refractivity contribution is 0.618. The van der Waals surface area contributed by atoms with Crippen LogP contribution in [-0.2, 0) is 12.8 Å². The third-order valence-corrected chi connectivity index (χ3v) is 6.49. The molecule has 0 N–H and O–H groups in total. The van der Waals surface area contributed by atoms with E-state index in [1.165, 1.54) is 40.6 Å². The van der Waals surface area contributed by atoms with Crippen LogP contribution in [0.25, 0.3) is 0 Å². The van der Waals surface area contributed by atoms with Crippen LogP contribution in [0.2, 0.25) is 5.02 Å². The van der Waals surface area contributed by atoms with Gasteiger partial charge in [0.05, 0.1) is 4.83 Å². The zero-order chi connectivity index (χ0) is 13.6. The summed E-state index contributed by atoms with van der Waals surface area (Å²) in [4.78, 5) is 2.81. The van der Waals surface area contributed by atoms with Gasteiger partial charge in [-0.15, -0.1) is 11.3 Å². The van der Waals surface area contributed by atoms with Crippen LogP contribution in [0.1, 0.15) is 37.7 Å². The van der Waals surface area contributed by atoms with E-state index in [0.29, 0.717) is 10.6 Å². The number of aryl methyl sites for hydroxylation is 3. The van der Waals surface area contributed by atoms with Crippen molar-refractivity contribution < 1.29 is 4.39 Å². The molecule has 0 nitrogen and oxygen atoms in total. The Kier molecular flexibility index (Phi) is 3.71. The van der Waals surface area contributed by atoms with Gasteiger partial charge in [-0.05, 0) is 55.0 Å². The molecule has 0 fully saturated rings. The fourth-order valence-corrected chi connectivity index (χ4v) is 4.94. The highest BCUT2D eigenvalue weighted by molar-refractivity contribution is 9.09. The summed E-state index contributed by atoms with van der Waals surface area (Å²) in [6.07, 6.45) is 3.64. The van der Waals surface area contributed by atoms with E-state index in [2.05, 4.69) is 22.0 Å². The molecule has 3 rings (SSSR count). The van der Waals surface area contributed by atoms with E-state index in [4.69, 9.17) is 11.6 Å². The summed E-state index contributed by atoms with van der Waals surface area (Å²) in [5.74, 6) is -0.248. The smallest absolute Gasteiger partial charge is 0.127 e. The Morgan fingerprint density at radius 3 is 2.84 bits per heavy atom. The average Bonchev–Trinajstić information content (AvgIpc) is 2.93. The van der Waals surface area contributed by atoms with Gasteiger partial charge in [-0.25, -0.2) is 4.39 Å². The van der Waals surface area contributed by atoms with E-state index < -0.39 is 0 Å². The molecule has 1 atom stereocenters. The summed E-state index contributed by atoms with van der Waals surface area (Å²) in [7, 11) is 0. The van der Waals surface area contributed by atoms with Gasteiger partial charge in [0.25, 0.3) is 0 Å². The summed E-state index contributed by atoms with van der Waals surface area (Å²) in [5, 5.41) is 0.485. The average molecular weight is 360 g/mol. The van der Waals surface area contributed by atoms with Crippen LogP contribution in [0, 0.1) is 12.7 Å². The van der Waals surface area contributed by atoms with Crippen molar-refractivity contribution in [1.82, 2.24) is 0 Å². The van der Waals surface area contributed by atoms with Crippen molar-refractivity contribution in [2.45, 2.75) is 31.0 Å². The molecule has 0 aliphatic heterocycles. The molecule has 4 heteroatoms. The van der Waals surface area contributed by atoms with E-state index in [-0.39, 0.29) is 10.6 Å². The van der Waals surface area contributed by atoms with Gasteiger partial charge < -0.3 is 0 Å². The van der Waals surface area contributed by atoms with Crippen LogP contribution in [0.5, 0.6) is 0 Å². The molecular weight excluding hydrogens is 347 g/mol. The summed E-state index contributed by atoms with van der Waals surface area (Å²) < 4.78 is 13.5. The lowest BCUT2D eigenvalue weighted by Gasteiger charge is -2.12. The number of benzene rings is 1. The molecule has 1 heterocycles. The molecule has 0 saturated carbocycles. The van der Waals surface area contributed by atoms with Crippen LogP contribution in [0.4, 0.5) is 4.39 Å². The molecule has 0 radical (unpaired) electrons. The Labute approximate surface area is 129 Å². The lowest BCUT2D eigenvalue weighted by Crippen LogP contribution is -1.94. The zero-order valence-corrected chi connectivity index (χ0v) is 13.6. The van der Waals surface area contributed by atoms with E-state index in [9.17, 15) is 4.39 Å². The van der Waals surface area contributed by atoms with E-state index in [1.807, 2.05) is 17.4 Å². The van der Waals surface area contributed by atoms with Gasteiger partial charge in [0, 0.05) is 14.8 Å². The van der Waals surface area contributed by atoms with E-state index >= 15 is 0 Å². The maximum atomic E-state index is 13.5. The largest absolute Gasteiger partial charge is 0.207 e. The zero-order valence-electron chi connectivity index (χ0n) is 10.5. The van der Waals surface area contributed by atoms with Crippen LogP contribution in [-0.4, -0.2) is 0 Å². The first-order valence-electron chi connectivity index (χ1n) is 6.27. The highest BCUT2D eigenvalue weighted by atomic mass is 79.9. The van der Waals surface area contributed by atoms with Crippen LogP contribution in [0.3, 0.4) is 0 Å². The molecule has 1 aromatic carbocycles. The second-order valence-electron chi connectivity index (χ2n) is 4.94. The van der Waals surface area contributed by atoms with Crippen molar-refractivity contribution in [1.29, 1.82) is 0 Å². The van der Waals surface area contributed by atoms with Crippen LogP contribution < -0.4 is 0 Å². The maximum absolute atomic E-state index is 13.5. The van der Waals surface area contributed by atoms with Gasteiger partial charge in [-0.2, -0.15) is 0 Å². The summed E-state index contributed by atoms with van der Waals surface area (Å²) in [5.41, 5.74) is 3.05. The minimum atomic E-state index is -0.248. The second-order valence-corrected chi connectivity index (χ2v) is 7.43. The maximum Gasteiger partial charge on any atom is 0.127 e. The van der Waals surface area contributed by atoms with Crippen LogP contribution >= 0.6 is 38.9 Å². The SMILES string of the molecule is Cc1cc(C(Br)c2cc3c(s2)CCC3)c(Cl)cc1F. The van der Waals surface area contributed by atoms with Crippen LogP contribution in [0.15, 0.2) is 18.2 Å². The molecule has 1 unspecified atom stereocenters. The molecule has 2 aromatic rings. The van der Waals surface area contributed by atoms with Crippen molar-refractivity contribution in [2.75, 3.05) is 0 Å². The summed E-state index contributed by atoms with van der Waals surface area (Å²) in [6, 6.07) is 5.51. The highest BCUT2D eigenvalue weighted by Gasteiger charge is 2.21. The molecule has 1 aliphatic carbocycles. The minimum absolute atomic E-state index is 0.0508. The summed E-state index contributed by atoms with van der Waals surface area (Å²) >= 11 is 11.7. The molecule has 0 amide bonds. The van der Waals surface area contributed by atoms with Gasteiger partial charge in [0.2, 0.25) is 0 Å². The molecule has 0 saturated heterocycles. The second kappa shape index (κ2) is 5.19. The van der Waals surface area contributed by atoms with Gasteiger partial charge in [0.1, 0.15) is 5.82 Å². The van der Waals surface area contributed by atoms with Gasteiger partial charge >= 0.3 is 0 Å². The topological polar surface area (TPSA) is 0 Å². The van der Waals surface area contributed by atoms with Crippen molar-refractivity contribution in [3.8, 4) is 0 Å². The highest BCUT2D eigenvalue weighted by Crippen LogP contribution is 2.42. The first-order chi connectivity index (χ1) is 9.06. The number of fused-ring (bicyclic) bond motifs is 1. The first-order valence-corrected chi connectivity index (χ1v) is 8.38. The number of hydrogen-bond donors (Lipinski definition) is 0. The minimum Gasteiger partial charge on any atom is -0.207 e. The number of halogens is 3. The molecule has 0 bridgehead atoms. The van der Waals surface area contributed by atoms with Crippen molar-refractivity contribution in [3.63, 3.8) is 0 Å². The molecule has 0 spiro atoms. The molecule has 100 valence electrons. The number of hydrogen-bond acceptors (Lipinski definition) is 1. The van der Waals surface area contributed by atoms with Gasteiger partial charge in [0.15, 0.2) is 0 Å². The number of thiophene rings is 1.